The van der Waals surface area contributed by atoms with Gasteiger partial charge in [-0.05, 0) is 36.8 Å². The Balaban J connectivity index is 2.09. The molecule has 2 atom stereocenters. The lowest BCUT2D eigenvalue weighted by Gasteiger charge is -2.32. The van der Waals surface area contributed by atoms with E-state index in [1.54, 1.807) is 0 Å². The molecule has 1 heterocycles. The van der Waals surface area contributed by atoms with Gasteiger partial charge in [-0.25, -0.2) is 17.8 Å². The predicted molar refractivity (Wildman–Crippen MR) is 127 cm³/mol. The fraction of sp³-hybridized carbons (Fsp3) is 0.526. The third kappa shape index (κ3) is 8.34. The number of benzene rings is 1. The first kappa shape index (κ1) is 27.2. The second kappa shape index (κ2) is 11.4. The summed E-state index contributed by atoms with van der Waals surface area (Å²) in [4.78, 5) is 13.8. The van der Waals surface area contributed by atoms with E-state index in [0.29, 0.717) is 19.5 Å². The van der Waals surface area contributed by atoms with Gasteiger partial charge in [0.1, 0.15) is 17.0 Å². The summed E-state index contributed by atoms with van der Waals surface area (Å²) in [5, 5.41) is 14.8. The second-order valence-electron chi connectivity index (χ2n) is 8.48. The van der Waals surface area contributed by atoms with Gasteiger partial charge in [-0.15, -0.1) is 0 Å². The van der Waals surface area contributed by atoms with Crippen molar-refractivity contribution in [3.8, 4) is 0 Å². The van der Waals surface area contributed by atoms with E-state index in [1.165, 1.54) is 6.33 Å². The minimum absolute atomic E-state index is 0.00737. The van der Waals surface area contributed by atoms with Gasteiger partial charge in [0, 0.05) is 30.7 Å². The highest BCUT2D eigenvalue weighted by molar-refractivity contribution is 7.93. The van der Waals surface area contributed by atoms with Crippen molar-refractivity contribution in [3.63, 3.8) is 0 Å². The van der Waals surface area contributed by atoms with E-state index in [2.05, 4.69) is 24.7 Å². The van der Waals surface area contributed by atoms with Crippen LogP contribution in [-0.4, -0.2) is 54.5 Å². The number of anilines is 2. The number of hydrogen-bond donors (Lipinski definition) is 5. The van der Waals surface area contributed by atoms with Crippen LogP contribution in [0.15, 0.2) is 23.4 Å². The number of nitrogens with one attached hydrogen (secondary N) is 3. The topological polar surface area (TPSA) is 159 Å². The number of carboxylic acid groups (broad SMARTS) is 1. The Labute approximate surface area is 201 Å². The summed E-state index contributed by atoms with van der Waals surface area (Å²) in [5.41, 5.74) is 6.12. The summed E-state index contributed by atoms with van der Waals surface area (Å²) in [6.07, 6.45) is 1.83. The van der Waals surface area contributed by atoms with Gasteiger partial charge in [0.15, 0.2) is 0 Å². The van der Waals surface area contributed by atoms with E-state index < -0.39 is 26.7 Å². The van der Waals surface area contributed by atoms with Crippen LogP contribution in [0.5, 0.6) is 0 Å². The number of carbonyl (C=O) groups is 1. The highest BCUT2D eigenvalue weighted by atomic mass is 35.5. The molecule has 0 aliphatic heterocycles. The molecule has 2 aromatic rings. The van der Waals surface area contributed by atoms with Crippen LogP contribution in [0.2, 0.25) is 5.02 Å². The van der Waals surface area contributed by atoms with Crippen molar-refractivity contribution in [1.29, 1.82) is 0 Å². The maximum absolute atomic E-state index is 14.7. The third-order valence-corrected chi connectivity index (χ3v) is 7.26. The van der Waals surface area contributed by atoms with E-state index in [0.717, 1.165) is 23.7 Å². The zero-order valence-electron chi connectivity index (χ0n) is 18.4. The summed E-state index contributed by atoms with van der Waals surface area (Å²) in [6, 6.07) is 1.84. The molecule has 1 aromatic carbocycles. The molecule has 2 rings (SSSR count). The van der Waals surface area contributed by atoms with E-state index in [9.17, 15) is 17.6 Å². The van der Waals surface area contributed by atoms with Gasteiger partial charge in [0.05, 0.1) is 17.3 Å². The van der Waals surface area contributed by atoms with Crippen molar-refractivity contribution in [2.45, 2.75) is 38.1 Å². The molecule has 0 radical (unpaired) electrons. The van der Waals surface area contributed by atoms with Gasteiger partial charge < -0.3 is 21.5 Å². The second-order valence-corrected chi connectivity index (χ2v) is 11.3. The van der Waals surface area contributed by atoms with Gasteiger partial charge in [-0.3, -0.25) is 9.52 Å². The molecule has 33 heavy (non-hydrogen) atoms. The van der Waals surface area contributed by atoms with Gasteiger partial charge in [-0.2, -0.15) is 4.37 Å². The highest BCUT2D eigenvalue weighted by Crippen LogP contribution is 2.31. The number of sulfonamides is 1. The number of hydrogen-bond acceptors (Lipinski definition) is 9. The van der Waals surface area contributed by atoms with Crippen molar-refractivity contribution in [3.05, 3.63) is 29.3 Å². The van der Waals surface area contributed by atoms with E-state index >= 15 is 0 Å². The molecule has 1 unspecified atom stereocenters. The van der Waals surface area contributed by atoms with E-state index in [1.807, 2.05) is 20.8 Å². The third-order valence-electron chi connectivity index (χ3n) is 4.89. The molecule has 0 aliphatic carbocycles. The van der Waals surface area contributed by atoms with Crippen molar-refractivity contribution in [2.75, 3.05) is 29.7 Å². The minimum atomic E-state index is -4.23. The van der Waals surface area contributed by atoms with Crippen molar-refractivity contribution in [1.82, 2.24) is 14.7 Å². The maximum atomic E-state index is 14.7. The average molecular weight is 523 g/mol. The number of rotatable bonds is 13. The van der Waals surface area contributed by atoms with Crippen molar-refractivity contribution in [2.24, 2.45) is 17.1 Å². The molecule has 0 aliphatic rings. The molecule has 0 saturated heterocycles. The molecule has 6 N–H and O–H groups in total. The van der Waals surface area contributed by atoms with Gasteiger partial charge in [0.2, 0.25) is 5.13 Å². The number of carboxylic acids is 1. The summed E-state index contributed by atoms with van der Waals surface area (Å²) in [5.74, 6) is -1.96. The molecule has 1 aromatic heterocycles. The SMILES string of the molecule is C[C@@H](N)C(CNc1cc(F)c(S(=O)(=O)Nc2ncns2)cc1Cl)CC(C)(C)CNCC(=O)O. The zero-order valence-corrected chi connectivity index (χ0v) is 20.8. The lowest BCUT2D eigenvalue weighted by Crippen LogP contribution is -2.40. The van der Waals surface area contributed by atoms with Crippen LogP contribution in [0, 0.1) is 17.2 Å². The molecule has 14 heteroatoms. The average Bonchev–Trinajstić information content (AvgIpc) is 3.18. The van der Waals surface area contributed by atoms with Crippen LogP contribution in [0.3, 0.4) is 0 Å². The van der Waals surface area contributed by atoms with Crippen LogP contribution < -0.4 is 21.1 Å². The van der Waals surface area contributed by atoms with Crippen LogP contribution in [-0.2, 0) is 14.8 Å². The standard InChI is InChI=1S/C19H28ClFN6O4S2/c1-11(22)12(6-19(2,3)9-23-8-17(28)29)7-24-15-5-14(21)16(4-13(15)20)33(30,31)27-18-25-10-26-32-18/h4-5,10-12,23-24H,6-9,22H2,1-3H3,(H,28,29)(H,25,26,27)/t11-,12?/m1/s1. The number of nitrogens with two attached hydrogens (primary N) is 1. The summed E-state index contributed by atoms with van der Waals surface area (Å²) < 4.78 is 45.5. The Hall–Kier alpha value is -2.06. The number of nitrogens with zero attached hydrogens (tertiary/aromatic N) is 2. The van der Waals surface area contributed by atoms with Crippen LogP contribution >= 0.6 is 23.1 Å². The number of aliphatic carboxylic acids is 1. The van der Waals surface area contributed by atoms with E-state index in [4.69, 9.17) is 22.4 Å². The smallest absolute Gasteiger partial charge is 0.317 e. The van der Waals surface area contributed by atoms with Crippen molar-refractivity contribution < 1.29 is 22.7 Å². The molecule has 10 nitrogen and oxygen atoms in total. The Morgan fingerprint density at radius 1 is 1.39 bits per heavy atom. The first-order valence-corrected chi connectivity index (χ1v) is 12.6. The Bertz CT molecular complexity index is 1050. The first-order chi connectivity index (χ1) is 15.3. The Morgan fingerprint density at radius 2 is 2.09 bits per heavy atom. The molecule has 184 valence electrons. The Morgan fingerprint density at radius 3 is 2.67 bits per heavy atom. The lowest BCUT2D eigenvalue weighted by molar-refractivity contribution is -0.136. The largest absolute Gasteiger partial charge is 0.480 e. The van der Waals surface area contributed by atoms with Crippen LogP contribution in [0.4, 0.5) is 15.2 Å². The van der Waals surface area contributed by atoms with Crippen molar-refractivity contribution >= 4 is 49.9 Å². The molecule has 0 spiro atoms. The fourth-order valence-electron chi connectivity index (χ4n) is 3.23. The molecule has 0 amide bonds. The van der Waals surface area contributed by atoms with Gasteiger partial charge in [0.25, 0.3) is 10.0 Å². The van der Waals surface area contributed by atoms with Gasteiger partial charge >= 0.3 is 5.97 Å². The fourth-order valence-corrected chi connectivity index (χ4v) is 5.28. The normalized spacial score (nSPS) is 14.0. The summed E-state index contributed by atoms with van der Waals surface area (Å²) in [7, 11) is -4.23. The van der Waals surface area contributed by atoms with Crippen LogP contribution in [0.25, 0.3) is 0 Å². The first-order valence-electron chi connectivity index (χ1n) is 10.0. The number of halogens is 2. The zero-order chi connectivity index (χ0) is 24.8. The molecule has 0 fully saturated rings. The molecular formula is C19H28ClFN6O4S2. The summed E-state index contributed by atoms with van der Waals surface area (Å²) >= 11 is 7.06. The quantitative estimate of drug-likeness (QED) is 0.266. The maximum Gasteiger partial charge on any atom is 0.317 e. The summed E-state index contributed by atoms with van der Waals surface area (Å²) in [6.45, 7) is 6.54. The highest BCUT2D eigenvalue weighted by Gasteiger charge is 2.27. The van der Waals surface area contributed by atoms with Crippen LogP contribution in [0.1, 0.15) is 27.2 Å². The van der Waals surface area contributed by atoms with E-state index in [-0.39, 0.29) is 39.8 Å². The Kier molecular flexibility index (Phi) is 9.38. The molecule has 0 bridgehead atoms. The molecule has 0 saturated carbocycles. The predicted octanol–water partition coefficient (Wildman–Crippen LogP) is 2.60. The molecular weight excluding hydrogens is 495 g/mol. The van der Waals surface area contributed by atoms with Gasteiger partial charge in [-0.1, -0.05) is 25.4 Å². The number of aromatic nitrogens is 2. The monoisotopic (exact) mass is 522 g/mol. The minimum Gasteiger partial charge on any atom is -0.480 e. The lowest BCUT2D eigenvalue weighted by atomic mass is 9.80.